The van der Waals surface area contributed by atoms with Crippen LogP contribution in [0.3, 0.4) is 0 Å². The molecule has 1 N–H and O–H groups in total. The number of nitrogens with one attached hydrogen (secondary N) is 1. The first kappa shape index (κ1) is 12.6. The van der Waals surface area contributed by atoms with Crippen LogP contribution in [-0.4, -0.2) is 12.1 Å². The molecule has 0 spiro atoms. The lowest BCUT2D eigenvalue weighted by molar-refractivity contribution is 0.217. The Hall–Kier alpha value is -1.44. The third-order valence-corrected chi connectivity index (χ3v) is 2.49. The summed E-state index contributed by atoms with van der Waals surface area (Å²) in [5, 5.41) is 3.33. The van der Waals surface area contributed by atoms with Crippen LogP contribution in [0.15, 0.2) is 36.9 Å². The highest BCUT2D eigenvalue weighted by Gasteiger charge is 2.02. The van der Waals surface area contributed by atoms with Crippen molar-refractivity contribution in [3.05, 3.63) is 36.9 Å². The van der Waals surface area contributed by atoms with Crippen molar-refractivity contribution in [1.82, 2.24) is 0 Å². The lowest BCUT2D eigenvalue weighted by Gasteiger charge is -2.15. The molecular formula is C14H21NO. The van der Waals surface area contributed by atoms with Gasteiger partial charge in [-0.2, -0.15) is 0 Å². The van der Waals surface area contributed by atoms with Gasteiger partial charge in [0.15, 0.2) is 0 Å². The van der Waals surface area contributed by atoms with Gasteiger partial charge >= 0.3 is 0 Å². The Balaban J connectivity index is 2.67. The summed E-state index contributed by atoms with van der Waals surface area (Å²) in [6.07, 6.45) is 3.15. The molecule has 2 atom stereocenters. The van der Waals surface area contributed by atoms with E-state index in [0.29, 0.717) is 0 Å². The van der Waals surface area contributed by atoms with Crippen LogP contribution in [-0.2, 0) is 0 Å². The molecule has 1 rings (SSSR count). The molecule has 0 aromatic heterocycles. The van der Waals surface area contributed by atoms with Crippen LogP contribution in [0.2, 0.25) is 0 Å². The van der Waals surface area contributed by atoms with E-state index >= 15 is 0 Å². The van der Waals surface area contributed by atoms with Gasteiger partial charge in [0, 0.05) is 17.8 Å². The molecule has 1 aromatic carbocycles. The van der Waals surface area contributed by atoms with Crippen molar-refractivity contribution < 1.29 is 4.74 Å². The fraction of sp³-hybridized carbons (Fsp3) is 0.429. The molecule has 1 aromatic rings. The molecular weight excluding hydrogens is 198 g/mol. The average Bonchev–Trinajstić information content (AvgIpc) is 2.29. The van der Waals surface area contributed by atoms with E-state index in [1.165, 1.54) is 0 Å². The molecule has 0 heterocycles. The summed E-state index contributed by atoms with van der Waals surface area (Å²) >= 11 is 0. The van der Waals surface area contributed by atoms with Crippen LogP contribution in [0.5, 0.6) is 5.75 Å². The molecule has 0 saturated carbocycles. The normalized spacial score (nSPS) is 13.9. The second-order valence-electron chi connectivity index (χ2n) is 4.03. The summed E-state index contributed by atoms with van der Waals surface area (Å²) in [4.78, 5) is 0. The number of ether oxygens (including phenoxy) is 1. The van der Waals surface area contributed by atoms with Crippen molar-refractivity contribution in [1.29, 1.82) is 0 Å². The molecule has 0 aliphatic rings. The average molecular weight is 219 g/mol. The van der Waals surface area contributed by atoms with Crippen molar-refractivity contribution in [3.63, 3.8) is 0 Å². The van der Waals surface area contributed by atoms with Gasteiger partial charge < -0.3 is 10.1 Å². The minimum Gasteiger partial charge on any atom is -0.491 e. The number of hydrogen-bond acceptors (Lipinski definition) is 2. The molecule has 2 heteroatoms. The molecule has 0 aliphatic heterocycles. The van der Waals surface area contributed by atoms with Crippen LogP contribution in [0.4, 0.5) is 5.69 Å². The van der Waals surface area contributed by atoms with Crippen molar-refractivity contribution >= 4 is 5.69 Å². The van der Waals surface area contributed by atoms with Crippen LogP contribution in [0.1, 0.15) is 27.2 Å². The third-order valence-electron chi connectivity index (χ3n) is 2.49. The SMILES string of the molecule is C=CC(C)Nc1cccc(OC(C)CC)c1. The molecule has 2 unspecified atom stereocenters. The zero-order valence-electron chi connectivity index (χ0n) is 10.4. The first-order valence-corrected chi connectivity index (χ1v) is 5.81. The second-order valence-corrected chi connectivity index (χ2v) is 4.03. The number of rotatable bonds is 6. The molecule has 0 bridgehead atoms. The van der Waals surface area contributed by atoms with Crippen molar-refractivity contribution in [2.45, 2.75) is 39.3 Å². The van der Waals surface area contributed by atoms with Crippen LogP contribution < -0.4 is 10.1 Å². The minimum atomic E-state index is 0.257. The van der Waals surface area contributed by atoms with E-state index in [4.69, 9.17) is 4.74 Å². The number of hydrogen-bond donors (Lipinski definition) is 1. The molecule has 0 radical (unpaired) electrons. The van der Waals surface area contributed by atoms with Crippen LogP contribution in [0, 0.1) is 0 Å². The van der Waals surface area contributed by atoms with E-state index in [1.54, 1.807) is 0 Å². The van der Waals surface area contributed by atoms with E-state index < -0.39 is 0 Å². The van der Waals surface area contributed by atoms with Crippen LogP contribution >= 0.6 is 0 Å². The molecule has 0 amide bonds. The highest BCUT2D eigenvalue weighted by Crippen LogP contribution is 2.19. The summed E-state index contributed by atoms with van der Waals surface area (Å²) in [7, 11) is 0. The standard InChI is InChI=1S/C14H21NO/c1-5-11(3)15-13-8-7-9-14(10-13)16-12(4)6-2/h5,7-12,15H,1,6H2,2-4H3. The van der Waals surface area contributed by atoms with Gasteiger partial charge in [-0.15, -0.1) is 6.58 Å². The fourth-order valence-electron chi connectivity index (χ4n) is 1.30. The predicted molar refractivity (Wildman–Crippen MR) is 70.1 cm³/mol. The fourth-order valence-corrected chi connectivity index (χ4v) is 1.30. The third kappa shape index (κ3) is 3.97. The summed E-state index contributed by atoms with van der Waals surface area (Å²) in [6.45, 7) is 10.0. The first-order chi connectivity index (χ1) is 7.65. The molecule has 0 saturated heterocycles. The molecule has 0 fully saturated rings. The van der Waals surface area contributed by atoms with Gasteiger partial charge in [-0.1, -0.05) is 19.1 Å². The topological polar surface area (TPSA) is 21.3 Å². The Labute approximate surface area is 98.3 Å². The molecule has 88 valence electrons. The maximum Gasteiger partial charge on any atom is 0.121 e. The summed E-state index contributed by atoms with van der Waals surface area (Å²) < 4.78 is 5.75. The zero-order valence-corrected chi connectivity index (χ0v) is 10.4. The van der Waals surface area contributed by atoms with E-state index in [0.717, 1.165) is 17.9 Å². The Morgan fingerprint density at radius 3 is 2.81 bits per heavy atom. The van der Waals surface area contributed by atoms with Crippen molar-refractivity contribution in [2.24, 2.45) is 0 Å². The van der Waals surface area contributed by atoms with E-state index in [-0.39, 0.29) is 12.1 Å². The van der Waals surface area contributed by atoms with Crippen molar-refractivity contribution in [3.8, 4) is 5.75 Å². The van der Waals surface area contributed by atoms with Gasteiger partial charge in [0.2, 0.25) is 0 Å². The Bertz CT molecular complexity index is 335. The highest BCUT2D eigenvalue weighted by atomic mass is 16.5. The monoisotopic (exact) mass is 219 g/mol. The van der Waals surface area contributed by atoms with Gasteiger partial charge in [-0.05, 0) is 32.4 Å². The van der Waals surface area contributed by atoms with Gasteiger partial charge in [0.05, 0.1) is 6.10 Å². The Morgan fingerprint density at radius 1 is 1.44 bits per heavy atom. The predicted octanol–water partition coefficient (Wildman–Crippen LogP) is 3.85. The van der Waals surface area contributed by atoms with Gasteiger partial charge in [-0.25, -0.2) is 0 Å². The first-order valence-electron chi connectivity index (χ1n) is 5.81. The lowest BCUT2D eigenvalue weighted by Crippen LogP contribution is -2.12. The van der Waals surface area contributed by atoms with Crippen molar-refractivity contribution in [2.75, 3.05) is 5.32 Å². The van der Waals surface area contributed by atoms with E-state index in [2.05, 4.69) is 32.7 Å². The minimum absolute atomic E-state index is 0.257. The number of anilines is 1. The smallest absolute Gasteiger partial charge is 0.121 e. The quantitative estimate of drug-likeness (QED) is 0.734. The maximum atomic E-state index is 5.75. The lowest BCUT2D eigenvalue weighted by atomic mass is 10.2. The largest absolute Gasteiger partial charge is 0.491 e. The molecule has 16 heavy (non-hydrogen) atoms. The highest BCUT2D eigenvalue weighted by molar-refractivity contribution is 5.49. The van der Waals surface area contributed by atoms with Gasteiger partial charge in [-0.3, -0.25) is 0 Å². The number of benzene rings is 1. The molecule has 2 nitrogen and oxygen atoms in total. The maximum absolute atomic E-state index is 5.75. The summed E-state index contributed by atoms with van der Waals surface area (Å²) in [6, 6.07) is 8.29. The van der Waals surface area contributed by atoms with E-state index in [9.17, 15) is 0 Å². The summed E-state index contributed by atoms with van der Waals surface area (Å²) in [5.74, 6) is 0.913. The Morgan fingerprint density at radius 2 is 2.19 bits per heavy atom. The second kappa shape index (κ2) is 6.21. The Kier molecular flexibility index (Phi) is 4.90. The van der Waals surface area contributed by atoms with Gasteiger partial charge in [0.25, 0.3) is 0 Å². The van der Waals surface area contributed by atoms with Crippen LogP contribution in [0.25, 0.3) is 0 Å². The van der Waals surface area contributed by atoms with Gasteiger partial charge in [0.1, 0.15) is 5.75 Å². The van der Waals surface area contributed by atoms with E-state index in [1.807, 2.05) is 30.3 Å². The zero-order chi connectivity index (χ0) is 12.0. The summed E-state index contributed by atoms with van der Waals surface area (Å²) in [5.41, 5.74) is 1.06. The molecule has 0 aliphatic carbocycles.